The van der Waals surface area contributed by atoms with Crippen LogP contribution in [-0.2, 0) is 14.3 Å². The second kappa shape index (κ2) is 7.25. The second-order valence-corrected chi connectivity index (χ2v) is 6.75. The van der Waals surface area contributed by atoms with Gasteiger partial charge in [0.25, 0.3) is 5.91 Å². The van der Waals surface area contributed by atoms with Crippen molar-refractivity contribution in [3.8, 4) is 0 Å². The van der Waals surface area contributed by atoms with Crippen molar-refractivity contribution < 1.29 is 14.3 Å². The van der Waals surface area contributed by atoms with Crippen LogP contribution in [-0.4, -0.2) is 42.3 Å². The summed E-state index contributed by atoms with van der Waals surface area (Å²) < 4.78 is 4.75. The lowest BCUT2D eigenvalue weighted by Gasteiger charge is -2.16. The fourth-order valence-electron chi connectivity index (χ4n) is 2.48. The van der Waals surface area contributed by atoms with Crippen molar-refractivity contribution in [1.82, 2.24) is 10.2 Å². The summed E-state index contributed by atoms with van der Waals surface area (Å²) in [7, 11) is 1.45. The van der Waals surface area contributed by atoms with Crippen molar-refractivity contribution in [3.63, 3.8) is 0 Å². The number of ether oxygens (including phenoxy) is 1. The number of rotatable bonds is 5. The third-order valence-corrected chi connectivity index (χ3v) is 4.83. The highest BCUT2D eigenvalue weighted by molar-refractivity contribution is 7.15. The minimum absolute atomic E-state index is 0.0301. The Kier molecular flexibility index (Phi) is 5.08. The number of hydrogen-bond acceptors (Lipinski definition) is 6. The summed E-state index contributed by atoms with van der Waals surface area (Å²) in [4.78, 5) is 25.5. The number of methoxy groups -OCH3 is 1. The number of carbonyl (C=O) groups is 2. The molecule has 2 aromatic rings. The van der Waals surface area contributed by atoms with Gasteiger partial charge in [0.15, 0.2) is 0 Å². The molecule has 0 saturated carbocycles. The summed E-state index contributed by atoms with van der Waals surface area (Å²) >= 11 is 7.16. The molecule has 0 bridgehead atoms. The Bertz CT molecular complexity index is 749. The Labute approximate surface area is 147 Å². The Morgan fingerprint density at radius 2 is 2.17 bits per heavy atom. The molecule has 2 amide bonds. The van der Waals surface area contributed by atoms with Crippen LogP contribution in [0, 0.1) is 0 Å². The van der Waals surface area contributed by atoms with E-state index >= 15 is 0 Å². The van der Waals surface area contributed by atoms with Crippen molar-refractivity contribution >= 4 is 45.6 Å². The summed E-state index contributed by atoms with van der Waals surface area (Å²) in [6.45, 7) is 0.488. The largest absolute Gasteiger partial charge is 0.375 e. The van der Waals surface area contributed by atoms with Crippen molar-refractivity contribution in [2.45, 2.75) is 12.3 Å². The molecule has 0 aliphatic carbocycles. The summed E-state index contributed by atoms with van der Waals surface area (Å²) in [6, 6.07) is 7.15. The molecule has 1 aromatic carbocycles. The number of halogens is 1. The van der Waals surface area contributed by atoms with Crippen LogP contribution in [0.1, 0.15) is 17.3 Å². The molecule has 126 valence electrons. The van der Waals surface area contributed by atoms with E-state index in [1.165, 1.54) is 18.4 Å². The first-order valence-corrected chi connectivity index (χ1v) is 8.44. The van der Waals surface area contributed by atoms with Gasteiger partial charge in [-0.05, 0) is 24.3 Å². The number of benzene rings is 1. The topological polar surface area (TPSA) is 84.4 Å². The van der Waals surface area contributed by atoms with E-state index in [1.54, 1.807) is 17.0 Å². The van der Waals surface area contributed by atoms with E-state index in [1.807, 2.05) is 12.1 Å². The standard InChI is InChI=1S/C15H15ClN4O3S/c1-23-8-12(21)17-15-19-18-14(24-15)9-6-13(22)20(7-9)11-4-2-10(16)3-5-11/h2-5,9H,6-8H2,1H3,(H,17,19,21). The average molecular weight is 367 g/mol. The minimum Gasteiger partial charge on any atom is -0.375 e. The lowest BCUT2D eigenvalue weighted by molar-refractivity contribution is -0.119. The van der Waals surface area contributed by atoms with Gasteiger partial charge in [-0.25, -0.2) is 0 Å². The number of anilines is 2. The summed E-state index contributed by atoms with van der Waals surface area (Å²) in [5, 5.41) is 12.4. The summed E-state index contributed by atoms with van der Waals surface area (Å²) in [5.74, 6) is -0.299. The molecular weight excluding hydrogens is 352 g/mol. The molecule has 2 heterocycles. The zero-order valence-electron chi connectivity index (χ0n) is 12.9. The molecule has 24 heavy (non-hydrogen) atoms. The van der Waals surface area contributed by atoms with Crippen LogP contribution >= 0.6 is 22.9 Å². The lowest BCUT2D eigenvalue weighted by Crippen LogP contribution is -2.24. The molecule has 3 rings (SSSR count). The van der Waals surface area contributed by atoms with E-state index in [4.69, 9.17) is 16.3 Å². The Balaban J connectivity index is 1.68. The van der Waals surface area contributed by atoms with Gasteiger partial charge in [0.1, 0.15) is 11.6 Å². The van der Waals surface area contributed by atoms with Crippen molar-refractivity contribution in [1.29, 1.82) is 0 Å². The molecule has 7 nitrogen and oxygen atoms in total. The van der Waals surface area contributed by atoms with Crippen LogP contribution in [0.5, 0.6) is 0 Å². The molecule has 1 atom stereocenters. The Morgan fingerprint density at radius 1 is 1.42 bits per heavy atom. The van der Waals surface area contributed by atoms with E-state index < -0.39 is 0 Å². The molecule has 1 aromatic heterocycles. The monoisotopic (exact) mass is 366 g/mol. The number of amides is 2. The van der Waals surface area contributed by atoms with Gasteiger partial charge in [-0.15, -0.1) is 10.2 Å². The first-order chi connectivity index (χ1) is 11.6. The quantitative estimate of drug-likeness (QED) is 0.877. The molecule has 1 unspecified atom stereocenters. The predicted octanol–water partition coefficient (Wildman–Crippen LogP) is 2.30. The van der Waals surface area contributed by atoms with Crippen molar-refractivity contribution in [2.75, 3.05) is 30.5 Å². The third kappa shape index (κ3) is 3.72. The molecular formula is C15H15ClN4O3S. The van der Waals surface area contributed by atoms with Gasteiger partial charge in [0.2, 0.25) is 11.0 Å². The number of hydrogen-bond donors (Lipinski definition) is 1. The van der Waals surface area contributed by atoms with Gasteiger partial charge in [0.05, 0.1) is 0 Å². The molecule has 1 aliphatic heterocycles. The Hall–Kier alpha value is -2.03. The van der Waals surface area contributed by atoms with Crippen LogP contribution in [0.25, 0.3) is 0 Å². The van der Waals surface area contributed by atoms with Crippen molar-refractivity contribution in [3.05, 3.63) is 34.3 Å². The zero-order valence-corrected chi connectivity index (χ0v) is 14.4. The molecule has 1 aliphatic rings. The number of carbonyl (C=O) groups excluding carboxylic acids is 2. The van der Waals surface area contributed by atoms with E-state index in [2.05, 4.69) is 15.5 Å². The first kappa shape index (κ1) is 16.8. The zero-order chi connectivity index (χ0) is 17.1. The molecule has 0 radical (unpaired) electrons. The average Bonchev–Trinajstić information content (AvgIpc) is 3.15. The van der Waals surface area contributed by atoms with Gasteiger partial charge in [-0.1, -0.05) is 22.9 Å². The van der Waals surface area contributed by atoms with E-state index in [0.717, 1.165) is 10.7 Å². The number of nitrogens with one attached hydrogen (secondary N) is 1. The van der Waals surface area contributed by atoms with Gasteiger partial charge < -0.3 is 9.64 Å². The predicted molar refractivity (Wildman–Crippen MR) is 91.6 cm³/mol. The summed E-state index contributed by atoms with van der Waals surface area (Å²) in [5.41, 5.74) is 0.810. The van der Waals surface area contributed by atoms with Gasteiger partial charge in [-0.2, -0.15) is 0 Å². The van der Waals surface area contributed by atoms with E-state index in [9.17, 15) is 9.59 Å². The fraction of sp³-hybridized carbons (Fsp3) is 0.333. The molecule has 1 N–H and O–H groups in total. The van der Waals surface area contributed by atoms with Gasteiger partial charge >= 0.3 is 0 Å². The van der Waals surface area contributed by atoms with Crippen LogP contribution in [0.2, 0.25) is 5.02 Å². The minimum atomic E-state index is -0.287. The maximum atomic E-state index is 12.3. The van der Waals surface area contributed by atoms with Crippen LogP contribution < -0.4 is 10.2 Å². The molecule has 9 heteroatoms. The normalized spacial score (nSPS) is 17.3. The van der Waals surface area contributed by atoms with Crippen LogP contribution in [0.4, 0.5) is 10.8 Å². The highest BCUT2D eigenvalue weighted by Crippen LogP contribution is 2.34. The SMILES string of the molecule is COCC(=O)Nc1nnc(C2CC(=O)N(c3ccc(Cl)cc3)C2)s1. The lowest BCUT2D eigenvalue weighted by atomic mass is 10.1. The van der Waals surface area contributed by atoms with E-state index in [0.29, 0.717) is 23.1 Å². The van der Waals surface area contributed by atoms with Gasteiger partial charge in [0, 0.05) is 36.7 Å². The first-order valence-electron chi connectivity index (χ1n) is 7.25. The number of aromatic nitrogens is 2. The smallest absolute Gasteiger partial charge is 0.252 e. The summed E-state index contributed by atoms with van der Waals surface area (Å²) in [6.07, 6.45) is 0.364. The molecule has 1 saturated heterocycles. The third-order valence-electron chi connectivity index (χ3n) is 3.57. The van der Waals surface area contributed by atoms with Crippen molar-refractivity contribution in [2.24, 2.45) is 0 Å². The maximum absolute atomic E-state index is 12.3. The molecule has 0 spiro atoms. The van der Waals surface area contributed by atoms with E-state index in [-0.39, 0.29) is 24.3 Å². The Morgan fingerprint density at radius 3 is 2.88 bits per heavy atom. The fourth-order valence-corrected chi connectivity index (χ4v) is 3.46. The maximum Gasteiger partial charge on any atom is 0.252 e. The highest BCUT2D eigenvalue weighted by atomic mass is 35.5. The van der Waals surface area contributed by atoms with Crippen LogP contribution in [0.3, 0.4) is 0 Å². The van der Waals surface area contributed by atoms with Gasteiger partial charge in [-0.3, -0.25) is 14.9 Å². The highest BCUT2D eigenvalue weighted by Gasteiger charge is 2.33. The second-order valence-electron chi connectivity index (χ2n) is 5.31. The molecule has 1 fully saturated rings. The number of nitrogens with zero attached hydrogens (tertiary/aromatic N) is 3. The van der Waals surface area contributed by atoms with Crippen LogP contribution in [0.15, 0.2) is 24.3 Å².